The van der Waals surface area contributed by atoms with Crippen LogP contribution in [0.3, 0.4) is 0 Å². The van der Waals surface area contributed by atoms with Crippen LogP contribution in [0.25, 0.3) is 0 Å². The summed E-state index contributed by atoms with van der Waals surface area (Å²) in [6.07, 6.45) is 2.62. The molecule has 21 heavy (non-hydrogen) atoms. The highest BCUT2D eigenvalue weighted by Crippen LogP contribution is 2.24. The molecule has 1 aromatic rings. The molecular formula is C15H19BrN2O3. The predicted octanol–water partition coefficient (Wildman–Crippen LogP) is 2.71. The molecule has 1 aliphatic rings. The summed E-state index contributed by atoms with van der Waals surface area (Å²) in [5.74, 6) is -0.398. The Kier molecular flexibility index (Phi) is 5.76. The second kappa shape index (κ2) is 7.56. The smallest absolute Gasteiger partial charge is 0.338 e. The lowest BCUT2D eigenvalue weighted by atomic mass is 10.1. The predicted molar refractivity (Wildman–Crippen MR) is 84.4 cm³/mol. The number of hydrogen-bond donors (Lipinski definition) is 2. The number of benzene rings is 1. The lowest BCUT2D eigenvalue weighted by molar-refractivity contribution is -0.116. The van der Waals surface area contributed by atoms with Gasteiger partial charge in [-0.1, -0.05) is 0 Å². The molecule has 1 saturated heterocycles. The topological polar surface area (TPSA) is 67.4 Å². The number of amides is 1. The zero-order chi connectivity index (χ0) is 15.2. The molecule has 0 saturated carbocycles. The molecule has 5 nitrogen and oxygen atoms in total. The monoisotopic (exact) mass is 354 g/mol. The first-order valence-corrected chi connectivity index (χ1v) is 7.89. The van der Waals surface area contributed by atoms with E-state index in [9.17, 15) is 9.59 Å². The third-order valence-corrected chi connectivity index (χ3v) is 4.00. The number of hydrogen-bond acceptors (Lipinski definition) is 4. The van der Waals surface area contributed by atoms with Gasteiger partial charge in [-0.25, -0.2) is 4.79 Å². The first-order chi connectivity index (χ1) is 10.1. The number of carbonyl (C=O) groups excluding carboxylic acids is 2. The zero-order valence-electron chi connectivity index (χ0n) is 11.9. The average Bonchev–Trinajstić information content (AvgIpc) is 2.94. The van der Waals surface area contributed by atoms with Crippen LogP contribution in [0.2, 0.25) is 0 Å². The standard InChI is InChI=1S/C15H19BrN2O3/c1-2-21-15(20)10-5-6-13(12(16)8-10)18-14(19)9-11-4-3-7-17-11/h5-6,8,11,17H,2-4,7,9H2,1H3,(H,18,19). The molecule has 1 aliphatic heterocycles. The van der Waals surface area contributed by atoms with Gasteiger partial charge >= 0.3 is 5.97 Å². The highest BCUT2D eigenvalue weighted by molar-refractivity contribution is 9.10. The maximum absolute atomic E-state index is 12.0. The molecule has 1 unspecified atom stereocenters. The summed E-state index contributed by atoms with van der Waals surface area (Å²) in [6.45, 7) is 3.08. The Labute approximate surface area is 132 Å². The van der Waals surface area contributed by atoms with Gasteiger partial charge in [-0.15, -0.1) is 0 Å². The van der Waals surface area contributed by atoms with Crippen LogP contribution in [0.1, 0.15) is 36.5 Å². The SMILES string of the molecule is CCOC(=O)c1ccc(NC(=O)CC2CCCN2)c(Br)c1. The van der Waals surface area contributed by atoms with E-state index < -0.39 is 0 Å². The molecule has 1 fully saturated rings. The summed E-state index contributed by atoms with van der Waals surface area (Å²) in [4.78, 5) is 23.6. The number of nitrogens with one attached hydrogen (secondary N) is 2. The minimum absolute atomic E-state index is 0.0287. The maximum Gasteiger partial charge on any atom is 0.338 e. The van der Waals surface area contributed by atoms with Crippen LogP contribution in [-0.4, -0.2) is 31.1 Å². The van der Waals surface area contributed by atoms with E-state index in [2.05, 4.69) is 26.6 Å². The summed E-state index contributed by atoms with van der Waals surface area (Å²) >= 11 is 3.37. The minimum Gasteiger partial charge on any atom is -0.462 e. The van der Waals surface area contributed by atoms with Crippen LogP contribution in [-0.2, 0) is 9.53 Å². The van der Waals surface area contributed by atoms with Crippen molar-refractivity contribution in [3.8, 4) is 0 Å². The van der Waals surface area contributed by atoms with E-state index in [-0.39, 0.29) is 17.9 Å². The van der Waals surface area contributed by atoms with Crippen LogP contribution < -0.4 is 10.6 Å². The van der Waals surface area contributed by atoms with Crippen molar-refractivity contribution < 1.29 is 14.3 Å². The van der Waals surface area contributed by atoms with Crippen molar-refractivity contribution in [2.75, 3.05) is 18.5 Å². The van der Waals surface area contributed by atoms with Gasteiger partial charge in [0.15, 0.2) is 0 Å². The van der Waals surface area contributed by atoms with Crippen LogP contribution in [0.5, 0.6) is 0 Å². The van der Waals surface area contributed by atoms with Crippen LogP contribution in [0.4, 0.5) is 5.69 Å². The number of anilines is 1. The Morgan fingerprint density at radius 2 is 2.29 bits per heavy atom. The molecule has 0 radical (unpaired) electrons. The Bertz CT molecular complexity index is 528. The Morgan fingerprint density at radius 1 is 1.48 bits per heavy atom. The van der Waals surface area contributed by atoms with Gasteiger partial charge < -0.3 is 15.4 Å². The highest BCUT2D eigenvalue weighted by atomic mass is 79.9. The molecule has 6 heteroatoms. The molecule has 2 N–H and O–H groups in total. The van der Waals surface area contributed by atoms with Gasteiger partial charge in [-0.05, 0) is 60.4 Å². The first kappa shape index (κ1) is 16.0. The van der Waals surface area contributed by atoms with Crippen LogP contribution in [0, 0.1) is 0 Å². The van der Waals surface area contributed by atoms with Crippen molar-refractivity contribution >= 4 is 33.5 Å². The molecule has 0 spiro atoms. The molecule has 0 aromatic heterocycles. The Balaban J connectivity index is 1.96. The fourth-order valence-corrected chi connectivity index (χ4v) is 2.79. The lowest BCUT2D eigenvalue weighted by Gasteiger charge is -2.12. The van der Waals surface area contributed by atoms with Gasteiger partial charge in [0.2, 0.25) is 5.91 Å². The zero-order valence-corrected chi connectivity index (χ0v) is 13.5. The Hall–Kier alpha value is -1.40. The molecule has 1 heterocycles. The van der Waals surface area contributed by atoms with E-state index in [1.165, 1.54) is 0 Å². The quantitative estimate of drug-likeness (QED) is 0.797. The third-order valence-electron chi connectivity index (χ3n) is 3.35. The van der Waals surface area contributed by atoms with Crippen molar-refractivity contribution in [1.82, 2.24) is 5.32 Å². The van der Waals surface area contributed by atoms with E-state index >= 15 is 0 Å². The summed E-state index contributed by atoms with van der Waals surface area (Å²) in [5.41, 5.74) is 1.12. The van der Waals surface area contributed by atoms with Crippen LogP contribution in [0.15, 0.2) is 22.7 Å². The second-order valence-electron chi connectivity index (χ2n) is 4.96. The normalized spacial score (nSPS) is 17.5. The van der Waals surface area contributed by atoms with Gasteiger partial charge in [-0.2, -0.15) is 0 Å². The third kappa shape index (κ3) is 4.54. The highest BCUT2D eigenvalue weighted by Gasteiger charge is 2.18. The van der Waals surface area contributed by atoms with E-state index in [1.807, 2.05) is 0 Å². The lowest BCUT2D eigenvalue weighted by Crippen LogP contribution is -2.27. The summed E-state index contributed by atoms with van der Waals surface area (Å²) in [7, 11) is 0. The fraction of sp³-hybridized carbons (Fsp3) is 0.467. The Morgan fingerprint density at radius 3 is 2.90 bits per heavy atom. The number of esters is 1. The first-order valence-electron chi connectivity index (χ1n) is 7.10. The molecule has 0 aliphatic carbocycles. The number of halogens is 1. The van der Waals surface area contributed by atoms with E-state index in [0.29, 0.717) is 28.8 Å². The van der Waals surface area contributed by atoms with Crippen molar-refractivity contribution in [3.05, 3.63) is 28.2 Å². The molecule has 2 rings (SSSR count). The van der Waals surface area contributed by atoms with Gasteiger partial charge in [0, 0.05) is 16.9 Å². The summed E-state index contributed by atoms with van der Waals surface area (Å²) in [6, 6.07) is 5.27. The van der Waals surface area contributed by atoms with Gasteiger partial charge in [-0.3, -0.25) is 4.79 Å². The average molecular weight is 355 g/mol. The summed E-state index contributed by atoms with van der Waals surface area (Å²) < 4.78 is 5.60. The number of rotatable bonds is 5. The van der Waals surface area contributed by atoms with Gasteiger partial charge in [0.25, 0.3) is 0 Å². The van der Waals surface area contributed by atoms with E-state index in [4.69, 9.17) is 4.74 Å². The van der Waals surface area contributed by atoms with Gasteiger partial charge in [0.1, 0.15) is 0 Å². The van der Waals surface area contributed by atoms with Crippen molar-refractivity contribution in [1.29, 1.82) is 0 Å². The molecular weight excluding hydrogens is 336 g/mol. The van der Waals surface area contributed by atoms with Crippen LogP contribution >= 0.6 is 15.9 Å². The summed E-state index contributed by atoms with van der Waals surface area (Å²) in [5, 5.41) is 6.15. The number of carbonyl (C=O) groups is 2. The molecule has 0 bridgehead atoms. The van der Waals surface area contributed by atoms with E-state index in [0.717, 1.165) is 19.4 Å². The number of ether oxygens (including phenoxy) is 1. The molecule has 1 aromatic carbocycles. The van der Waals surface area contributed by atoms with Gasteiger partial charge in [0.05, 0.1) is 17.9 Å². The minimum atomic E-state index is -0.369. The molecule has 1 amide bonds. The van der Waals surface area contributed by atoms with Crippen molar-refractivity contribution in [2.24, 2.45) is 0 Å². The van der Waals surface area contributed by atoms with E-state index in [1.54, 1.807) is 25.1 Å². The fourth-order valence-electron chi connectivity index (χ4n) is 2.31. The van der Waals surface area contributed by atoms with Crippen molar-refractivity contribution in [2.45, 2.75) is 32.2 Å². The largest absolute Gasteiger partial charge is 0.462 e. The molecule has 114 valence electrons. The maximum atomic E-state index is 12.0. The van der Waals surface area contributed by atoms with Crippen molar-refractivity contribution in [3.63, 3.8) is 0 Å². The molecule has 1 atom stereocenters. The second-order valence-corrected chi connectivity index (χ2v) is 5.82.